The van der Waals surface area contributed by atoms with Crippen LogP contribution in [0.3, 0.4) is 0 Å². The Kier molecular flexibility index (Phi) is 8.13. The van der Waals surface area contributed by atoms with Gasteiger partial charge in [-0.25, -0.2) is 27.7 Å². The third kappa shape index (κ3) is 6.76. The average molecular weight is 629 g/mol. The number of anilines is 1. The quantitative estimate of drug-likeness (QED) is 0.388. The van der Waals surface area contributed by atoms with Crippen LogP contribution in [0.4, 0.5) is 32.3 Å². The van der Waals surface area contributed by atoms with Crippen LogP contribution in [0.1, 0.15) is 29.5 Å². The molecule has 10 nitrogen and oxygen atoms in total. The van der Waals surface area contributed by atoms with Crippen LogP contribution in [0.25, 0.3) is 17.1 Å². The molecule has 0 atom stereocenters. The summed E-state index contributed by atoms with van der Waals surface area (Å²) in [5, 5.41) is 11.9. The molecule has 1 N–H and O–H groups in total. The van der Waals surface area contributed by atoms with Crippen LogP contribution in [0.15, 0.2) is 36.9 Å². The van der Waals surface area contributed by atoms with E-state index >= 15 is 0 Å². The third-order valence-electron chi connectivity index (χ3n) is 7.40. The second-order valence-corrected chi connectivity index (χ2v) is 12.5. The number of halogens is 6. The average Bonchev–Trinajstić information content (AvgIpc) is 3.39. The maximum Gasteiger partial charge on any atom is 0.420 e. The van der Waals surface area contributed by atoms with Crippen molar-refractivity contribution in [2.75, 3.05) is 37.8 Å². The van der Waals surface area contributed by atoms with Crippen LogP contribution in [0.5, 0.6) is 0 Å². The number of rotatable bonds is 7. The highest BCUT2D eigenvalue weighted by molar-refractivity contribution is 7.88. The summed E-state index contributed by atoms with van der Waals surface area (Å²) in [7, 11) is -3.38. The first-order chi connectivity index (χ1) is 20.1. The van der Waals surface area contributed by atoms with E-state index in [2.05, 4.69) is 26.3 Å². The van der Waals surface area contributed by atoms with Gasteiger partial charge in [0.25, 0.3) is 0 Å². The number of benzene rings is 1. The van der Waals surface area contributed by atoms with Crippen molar-refractivity contribution in [2.24, 2.45) is 5.92 Å². The molecular formula is C26H26F6N8O2S. The summed E-state index contributed by atoms with van der Waals surface area (Å²) in [6.07, 6.45) is -5.21. The van der Waals surface area contributed by atoms with Crippen molar-refractivity contribution in [3.05, 3.63) is 53.6 Å². The third-order valence-corrected chi connectivity index (χ3v) is 8.70. The lowest BCUT2D eigenvalue weighted by molar-refractivity contribution is -0.139. The van der Waals surface area contributed by atoms with Crippen molar-refractivity contribution >= 4 is 16.0 Å². The number of aromatic nitrogens is 4. The van der Waals surface area contributed by atoms with Crippen LogP contribution in [-0.2, 0) is 28.9 Å². The van der Waals surface area contributed by atoms with Crippen molar-refractivity contribution < 1.29 is 34.8 Å². The molecule has 230 valence electrons. The maximum absolute atomic E-state index is 14.3. The van der Waals surface area contributed by atoms with E-state index in [1.807, 2.05) is 0 Å². The molecule has 0 aliphatic carbocycles. The van der Waals surface area contributed by atoms with Gasteiger partial charge < -0.3 is 9.88 Å². The van der Waals surface area contributed by atoms with Crippen LogP contribution < -0.4 is 5.32 Å². The molecule has 17 heteroatoms. The summed E-state index contributed by atoms with van der Waals surface area (Å²) in [6.45, 7) is 1.06. The maximum atomic E-state index is 14.3. The van der Waals surface area contributed by atoms with Crippen molar-refractivity contribution in [2.45, 2.75) is 37.8 Å². The fourth-order valence-corrected chi connectivity index (χ4v) is 6.10. The van der Waals surface area contributed by atoms with Crippen LogP contribution in [0, 0.1) is 17.2 Å². The zero-order chi connectivity index (χ0) is 31.2. The minimum absolute atomic E-state index is 0.0388. The number of imidazole rings is 1. The summed E-state index contributed by atoms with van der Waals surface area (Å²) in [6, 6.07) is 5.71. The Bertz CT molecular complexity index is 1640. The van der Waals surface area contributed by atoms with E-state index in [9.17, 15) is 34.8 Å². The predicted molar refractivity (Wildman–Crippen MR) is 142 cm³/mol. The Labute approximate surface area is 243 Å². The van der Waals surface area contributed by atoms with Gasteiger partial charge in [0, 0.05) is 51.2 Å². The standard InChI is InChI=1S/C26H26F6N8O2S/c1-43(41,42)40-7-5-18(6-8-40)36-24-34-10-19(25(27,28)29)23(37-24)20-14-39(15-35-20)21-4-2-3-17(22(21)26(30,31)32)13-38-11-16(9-33)12-38/h2-4,10,14-16,18H,5-8,11-13H2,1H3,(H,34,36,37). The van der Waals surface area contributed by atoms with E-state index in [1.165, 1.54) is 22.5 Å². The highest BCUT2D eigenvalue weighted by Gasteiger charge is 2.39. The largest absolute Gasteiger partial charge is 0.420 e. The molecule has 4 heterocycles. The lowest BCUT2D eigenvalue weighted by atomic mass is 9.98. The van der Waals surface area contributed by atoms with Crippen LogP contribution >= 0.6 is 0 Å². The van der Waals surface area contributed by atoms with Gasteiger partial charge in [-0.2, -0.15) is 31.6 Å². The van der Waals surface area contributed by atoms with Gasteiger partial charge in [-0.05, 0) is 24.5 Å². The summed E-state index contributed by atoms with van der Waals surface area (Å²) in [4.78, 5) is 13.5. The van der Waals surface area contributed by atoms with Gasteiger partial charge in [0.05, 0.1) is 35.8 Å². The van der Waals surface area contributed by atoms with E-state index in [0.717, 1.165) is 23.3 Å². The summed E-state index contributed by atoms with van der Waals surface area (Å²) < 4.78 is 111. The molecule has 5 rings (SSSR count). The zero-order valence-electron chi connectivity index (χ0n) is 22.7. The normalized spacial score (nSPS) is 17.9. The lowest BCUT2D eigenvalue weighted by Crippen LogP contribution is -2.45. The molecule has 0 unspecified atom stereocenters. The number of piperidine rings is 1. The number of sulfonamides is 1. The Morgan fingerprint density at radius 2 is 1.77 bits per heavy atom. The predicted octanol–water partition coefficient (Wildman–Crippen LogP) is 4.16. The number of nitrogens with zero attached hydrogens (tertiary/aromatic N) is 7. The van der Waals surface area contributed by atoms with Gasteiger partial charge in [0.1, 0.15) is 17.0 Å². The first-order valence-electron chi connectivity index (χ1n) is 13.1. The topological polar surface area (TPSA) is 120 Å². The highest BCUT2D eigenvalue weighted by atomic mass is 32.2. The number of likely N-dealkylation sites (tertiary alicyclic amines) is 1. The van der Waals surface area contributed by atoms with Gasteiger partial charge in [-0.15, -0.1) is 0 Å². The van der Waals surface area contributed by atoms with Crippen LogP contribution in [0.2, 0.25) is 0 Å². The van der Waals surface area contributed by atoms with E-state index in [1.54, 1.807) is 4.90 Å². The van der Waals surface area contributed by atoms with Crippen molar-refractivity contribution in [1.29, 1.82) is 5.26 Å². The van der Waals surface area contributed by atoms with Crippen molar-refractivity contribution in [1.82, 2.24) is 28.7 Å². The molecule has 0 radical (unpaired) electrons. The zero-order valence-corrected chi connectivity index (χ0v) is 23.5. The summed E-state index contributed by atoms with van der Waals surface area (Å²) >= 11 is 0. The molecule has 1 aromatic carbocycles. The van der Waals surface area contributed by atoms with Gasteiger partial charge in [-0.3, -0.25) is 4.90 Å². The molecule has 2 aliphatic heterocycles. The second kappa shape index (κ2) is 11.4. The van der Waals surface area contributed by atoms with Gasteiger partial charge >= 0.3 is 12.4 Å². The molecule has 0 spiro atoms. The van der Waals surface area contributed by atoms with Gasteiger partial charge in [-0.1, -0.05) is 12.1 Å². The Morgan fingerprint density at radius 1 is 1.07 bits per heavy atom. The molecular weight excluding hydrogens is 602 g/mol. The highest BCUT2D eigenvalue weighted by Crippen LogP contribution is 2.39. The molecule has 2 aliphatic rings. The SMILES string of the molecule is CS(=O)(=O)N1CCC(Nc2ncc(C(F)(F)F)c(-c3cn(-c4cccc(CN5CC(C#N)C5)c4C(F)(F)F)cn3)n2)CC1. The molecule has 0 amide bonds. The second-order valence-electron chi connectivity index (χ2n) is 10.5. The van der Waals surface area contributed by atoms with Crippen LogP contribution in [-0.4, -0.2) is 75.6 Å². The summed E-state index contributed by atoms with van der Waals surface area (Å²) in [5.41, 5.74) is -3.47. The van der Waals surface area contributed by atoms with E-state index in [4.69, 9.17) is 5.26 Å². The molecule has 2 fully saturated rings. The van der Waals surface area contributed by atoms with E-state index in [-0.39, 0.29) is 54.5 Å². The molecule has 0 bridgehead atoms. The molecule has 2 aromatic heterocycles. The van der Waals surface area contributed by atoms with E-state index in [0.29, 0.717) is 32.1 Å². The minimum Gasteiger partial charge on any atom is -0.351 e. The Balaban J connectivity index is 1.45. The lowest BCUT2D eigenvalue weighted by Gasteiger charge is -2.35. The monoisotopic (exact) mass is 628 g/mol. The van der Waals surface area contributed by atoms with E-state index < -0.39 is 39.2 Å². The number of hydrogen-bond donors (Lipinski definition) is 1. The fourth-order valence-electron chi connectivity index (χ4n) is 5.23. The minimum atomic E-state index is -4.88. The first-order valence-corrected chi connectivity index (χ1v) is 15.0. The van der Waals surface area contributed by atoms with Crippen molar-refractivity contribution in [3.8, 4) is 23.1 Å². The molecule has 0 saturated carbocycles. The van der Waals surface area contributed by atoms with Gasteiger partial charge in [0.15, 0.2) is 0 Å². The fraction of sp³-hybridized carbons (Fsp3) is 0.462. The summed E-state index contributed by atoms with van der Waals surface area (Å²) in [5.74, 6) is -0.400. The van der Waals surface area contributed by atoms with Gasteiger partial charge in [0.2, 0.25) is 16.0 Å². The number of nitrogens with one attached hydrogen (secondary N) is 1. The number of alkyl halides is 6. The molecule has 2 saturated heterocycles. The Morgan fingerprint density at radius 3 is 2.37 bits per heavy atom. The molecule has 3 aromatic rings. The number of hydrogen-bond acceptors (Lipinski definition) is 8. The smallest absolute Gasteiger partial charge is 0.351 e. The Hall–Kier alpha value is -3.75. The molecule has 43 heavy (non-hydrogen) atoms. The first kappa shape index (κ1) is 30.7. The van der Waals surface area contributed by atoms with Crippen molar-refractivity contribution in [3.63, 3.8) is 0 Å². The number of nitriles is 1.